The summed E-state index contributed by atoms with van der Waals surface area (Å²) in [6, 6.07) is 13.3. The Morgan fingerprint density at radius 2 is 1.80 bits per heavy atom. The van der Waals surface area contributed by atoms with Crippen LogP contribution in [0.1, 0.15) is 33.3 Å². The highest BCUT2D eigenvalue weighted by Gasteiger charge is 2.48. The summed E-state index contributed by atoms with van der Waals surface area (Å²) < 4.78 is 0. The summed E-state index contributed by atoms with van der Waals surface area (Å²) in [7, 11) is 0. The maximum absolute atomic E-state index is 13.1. The molecule has 7 heteroatoms. The van der Waals surface area contributed by atoms with Crippen LogP contribution in [0.3, 0.4) is 0 Å². The van der Waals surface area contributed by atoms with Gasteiger partial charge in [-0.2, -0.15) is 0 Å². The van der Waals surface area contributed by atoms with Crippen LogP contribution in [0.4, 0.5) is 5.13 Å². The van der Waals surface area contributed by atoms with E-state index >= 15 is 0 Å². The van der Waals surface area contributed by atoms with E-state index in [0.717, 1.165) is 16.1 Å². The first-order chi connectivity index (χ1) is 14.3. The van der Waals surface area contributed by atoms with Crippen LogP contribution >= 0.6 is 22.9 Å². The quantitative estimate of drug-likeness (QED) is 0.340. The first-order valence-corrected chi connectivity index (χ1v) is 10.5. The third-order valence-electron chi connectivity index (χ3n) is 5.16. The van der Waals surface area contributed by atoms with Gasteiger partial charge in [0.1, 0.15) is 5.76 Å². The number of hydrogen-bond acceptors (Lipinski definition) is 5. The van der Waals surface area contributed by atoms with Gasteiger partial charge in [0, 0.05) is 15.5 Å². The van der Waals surface area contributed by atoms with Crippen LogP contribution in [-0.4, -0.2) is 21.8 Å². The molecule has 1 aliphatic heterocycles. The summed E-state index contributed by atoms with van der Waals surface area (Å²) in [6.07, 6.45) is 0. The molecule has 1 N–H and O–H groups in total. The van der Waals surface area contributed by atoms with Gasteiger partial charge >= 0.3 is 5.91 Å². The Labute approximate surface area is 183 Å². The molecule has 1 fully saturated rings. The lowest BCUT2D eigenvalue weighted by atomic mass is 9.95. The fraction of sp³-hybridized carbons (Fsp3) is 0.174. The number of carbonyl (C=O) groups is 2. The molecule has 1 saturated heterocycles. The lowest BCUT2D eigenvalue weighted by molar-refractivity contribution is -0.132. The zero-order valence-corrected chi connectivity index (χ0v) is 18.2. The second kappa shape index (κ2) is 7.70. The molecular formula is C23H19ClN2O3S. The Morgan fingerprint density at radius 1 is 1.10 bits per heavy atom. The molecule has 2 heterocycles. The molecule has 4 rings (SSSR count). The van der Waals surface area contributed by atoms with Crippen molar-refractivity contribution in [3.8, 4) is 0 Å². The van der Waals surface area contributed by atoms with Crippen molar-refractivity contribution in [3.05, 3.63) is 86.4 Å². The molecular weight excluding hydrogens is 420 g/mol. The van der Waals surface area contributed by atoms with Gasteiger partial charge in [0.15, 0.2) is 5.13 Å². The molecule has 1 aliphatic rings. The number of anilines is 1. The standard InChI is InChI=1S/C23H19ClN2O3S/c1-12-7-9-15(10-8-12)20(27)18-19(16-5-4-6-17(24)11-16)26(22(29)21(18)28)23-25-13(2)14(3)30-23/h4-11,19,27H,1-3H3. The van der Waals surface area contributed by atoms with Crippen molar-refractivity contribution in [1.29, 1.82) is 0 Å². The van der Waals surface area contributed by atoms with Crippen molar-refractivity contribution in [2.75, 3.05) is 4.90 Å². The molecule has 1 amide bonds. The number of carbonyl (C=O) groups excluding carboxylic acids is 2. The molecule has 0 aliphatic carbocycles. The Morgan fingerprint density at radius 3 is 2.40 bits per heavy atom. The van der Waals surface area contributed by atoms with Gasteiger partial charge in [-0.1, -0.05) is 53.6 Å². The fourth-order valence-corrected chi connectivity index (χ4v) is 4.58. The molecule has 1 aromatic heterocycles. The van der Waals surface area contributed by atoms with E-state index in [1.54, 1.807) is 36.4 Å². The summed E-state index contributed by atoms with van der Waals surface area (Å²) in [5.41, 5.74) is 2.93. The van der Waals surface area contributed by atoms with E-state index in [0.29, 0.717) is 21.3 Å². The van der Waals surface area contributed by atoms with E-state index in [9.17, 15) is 14.7 Å². The fourth-order valence-electron chi connectivity index (χ4n) is 3.45. The Balaban J connectivity index is 1.96. The number of thiazole rings is 1. The Hall–Kier alpha value is -2.96. The summed E-state index contributed by atoms with van der Waals surface area (Å²) in [6.45, 7) is 5.70. The highest BCUT2D eigenvalue weighted by atomic mass is 35.5. The van der Waals surface area contributed by atoms with Crippen molar-refractivity contribution in [2.45, 2.75) is 26.8 Å². The van der Waals surface area contributed by atoms with Crippen molar-refractivity contribution in [3.63, 3.8) is 0 Å². The number of ketones is 1. The van der Waals surface area contributed by atoms with Crippen molar-refractivity contribution >= 4 is 45.5 Å². The highest BCUT2D eigenvalue weighted by molar-refractivity contribution is 7.16. The monoisotopic (exact) mass is 438 g/mol. The zero-order chi connectivity index (χ0) is 21.6. The van der Waals surface area contributed by atoms with Crippen LogP contribution in [0.25, 0.3) is 5.76 Å². The molecule has 1 unspecified atom stereocenters. The van der Waals surface area contributed by atoms with Crippen LogP contribution in [0.5, 0.6) is 0 Å². The number of aliphatic hydroxyl groups excluding tert-OH is 1. The van der Waals surface area contributed by atoms with E-state index in [4.69, 9.17) is 11.6 Å². The van der Waals surface area contributed by atoms with Gasteiger partial charge in [-0.3, -0.25) is 14.5 Å². The van der Waals surface area contributed by atoms with Crippen LogP contribution < -0.4 is 4.90 Å². The summed E-state index contributed by atoms with van der Waals surface area (Å²) in [4.78, 5) is 32.9. The molecule has 1 atom stereocenters. The third kappa shape index (κ3) is 3.42. The minimum absolute atomic E-state index is 0.0247. The van der Waals surface area contributed by atoms with Crippen molar-refractivity contribution in [1.82, 2.24) is 4.98 Å². The molecule has 0 saturated carbocycles. The van der Waals surface area contributed by atoms with E-state index in [2.05, 4.69) is 4.98 Å². The number of halogens is 1. The van der Waals surface area contributed by atoms with E-state index in [1.807, 2.05) is 32.9 Å². The molecule has 0 radical (unpaired) electrons. The summed E-state index contributed by atoms with van der Waals surface area (Å²) in [5, 5.41) is 11.9. The van der Waals surface area contributed by atoms with E-state index < -0.39 is 17.7 Å². The van der Waals surface area contributed by atoms with Gasteiger partial charge in [0.05, 0.1) is 17.3 Å². The van der Waals surface area contributed by atoms with Crippen LogP contribution in [0.2, 0.25) is 5.02 Å². The second-order valence-electron chi connectivity index (χ2n) is 7.23. The minimum atomic E-state index is -0.824. The second-order valence-corrected chi connectivity index (χ2v) is 8.85. The predicted octanol–water partition coefficient (Wildman–Crippen LogP) is 5.35. The normalized spacial score (nSPS) is 18.3. The van der Waals surface area contributed by atoms with Gasteiger partial charge < -0.3 is 5.11 Å². The maximum Gasteiger partial charge on any atom is 0.301 e. The van der Waals surface area contributed by atoms with Crippen LogP contribution in [0, 0.1) is 20.8 Å². The number of aromatic nitrogens is 1. The molecule has 152 valence electrons. The first-order valence-electron chi connectivity index (χ1n) is 9.35. The number of benzene rings is 2. The Kier molecular flexibility index (Phi) is 5.22. The van der Waals surface area contributed by atoms with Crippen LogP contribution in [-0.2, 0) is 9.59 Å². The van der Waals surface area contributed by atoms with E-state index in [1.165, 1.54) is 16.2 Å². The smallest absolute Gasteiger partial charge is 0.301 e. The number of aliphatic hydroxyl groups is 1. The molecule has 0 bridgehead atoms. The van der Waals surface area contributed by atoms with Gasteiger partial charge in [0.25, 0.3) is 5.78 Å². The average Bonchev–Trinajstić information content (AvgIpc) is 3.18. The Bertz CT molecular complexity index is 1180. The van der Waals surface area contributed by atoms with Gasteiger partial charge in [-0.25, -0.2) is 4.98 Å². The number of nitrogens with zero attached hydrogens (tertiary/aromatic N) is 2. The predicted molar refractivity (Wildman–Crippen MR) is 119 cm³/mol. The molecule has 3 aromatic rings. The zero-order valence-electron chi connectivity index (χ0n) is 16.6. The maximum atomic E-state index is 13.1. The summed E-state index contributed by atoms with van der Waals surface area (Å²) in [5.74, 6) is -1.68. The molecule has 30 heavy (non-hydrogen) atoms. The number of rotatable bonds is 3. The van der Waals surface area contributed by atoms with Crippen molar-refractivity contribution < 1.29 is 14.7 Å². The van der Waals surface area contributed by atoms with Gasteiger partial charge in [0.2, 0.25) is 0 Å². The van der Waals surface area contributed by atoms with Gasteiger partial charge in [-0.15, -0.1) is 11.3 Å². The molecule has 2 aromatic carbocycles. The lowest BCUT2D eigenvalue weighted by Gasteiger charge is -2.23. The molecule has 0 spiro atoms. The summed E-state index contributed by atoms with van der Waals surface area (Å²) >= 11 is 7.54. The lowest BCUT2D eigenvalue weighted by Crippen LogP contribution is -2.29. The number of aryl methyl sites for hydroxylation is 3. The first kappa shape index (κ1) is 20.3. The van der Waals surface area contributed by atoms with Crippen molar-refractivity contribution in [2.24, 2.45) is 0 Å². The molecule has 5 nitrogen and oxygen atoms in total. The highest BCUT2D eigenvalue weighted by Crippen LogP contribution is 2.44. The largest absolute Gasteiger partial charge is 0.507 e. The number of hydrogen-bond donors (Lipinski definition) is 1. The van der Waals surface area contributed by atoms with Gasteiger partial charge in [-0.05, 0) is 38.5 Å². The number of amides is 1. The topological polar surface area (TPSA) is 70.5 Å². The van der Waals surface area contributed by atoms with E-state index in [-0.39, 0.29) is 11.3 Å². The number of Topliss-reactive ketones (excluding diaryl/α,β-unsaturated/α-hetero) is 1. The van der Waals surface area contributed by atoms with Crippen LogP contribution in [0.15, 0.2) is 54.1 Å². The minimum Gasteiger partial charge on any atom is -0.507 e. The average molecular weight is 439 g/mol. The third-order valence-corrected chi connectivity index (χ3v) is 6.46. The SMILES string of the molecule is Cc1ccc(C(O)=C2C(=O)C(=O)N(c3nc(C)c(C)s3)C2c2cccc(Cl)c2)cc1.